The Kier molecular flexibility index (Phi) is 3.67. The van der Waals surface area contributed by atoms with Crippen LogP contribution in [0.5, 0.6) is 0 Å². The SMILES string of the molecule is CC/C(Br)=C\C=C\C1=CN2C=CC=CC2N1. The molecule has 2 heterocycles. The number of hydrogen-bond acceptors (Lipinski definition) is 2. The van der Waals surface area contributed by atoms with Crippen molar-refractivity contribution < 1.29 is 0 Å². The van der Waals surface area contributed by atoms with Crippen LogP contribution in [-0.4, -0.2) is 11.1 Å². The maximum absolute atomic E-state index is 3.48. The first kappa shape index (κ1) is 11.3. The molecule has 1 unspecified atom stereocenters. The monoisotopic (exact) mass is 278 g/mol. The van der Waals surface area contributed by atoms with E-state index in [1.54, 1.807) is 0 Å². The van der Waals surface area contributed by atoms with Crippen LogP contribution in [0.25, 0.3) is 0 Å². The Morgan fingerprint density at radius 3 is 3.19 bits per heavy atom. The smallest absolute Gasteiger partial charge is 0.122 e. The van der Waals surface area contributed by atoms with Crippen LogP contribution < -0.4 is 5.32 Å². The van der Waals surface area contributed by atoms with Gasteiger partial charge in [-0.2, -0.15) is 0 Å². The predicted molar refractivity (Wildman–Crippen MR) is 71.6 cm³/mol. The van der Waals surface area contributed by atoms with Gasteiger partial charge < -0.3 is 10.2 Å². The van der Waals surface area contributed by atoms with Crippen molar-refractivity contribution in [3.8, 4) is 0 Å². The van der Waals surface area contributed by atoms with Gasteiger partial charge in [-0.25, -0.2) is 0 Å². The highest BCUT2D eigenvalue weighted by atomic mass is 79.9. The first-order valence-electron chi connectivity index (χ1n) is 5.43. The molecule has 16 heavy (non-hydrogen) atoms. The molecule has 2 aliphatic rings. The molecule has 0 saturated heterocycles. The van der Waals surface area contributed by atoms with E-state index in [0.717, 1.165) is 12.1 Å². The minimum Gasteiger partial charge on any atom is -0.360 e. The second-order valence-electron chi connectivity index (χ2n) is 3.67. The molecule has 1 N–H and O–H groups in total. The van der Waals surface area contributed by atoms with Gasteiger partial charge in [0.15, 0.2) is 0 Å². The number of nitrogens with one attached hydrogen (secondary N) is 1. The molecule has 1 atom stereocenters. The molecule has 0 saturated carbocycles. The molecule has 3 heteroatoms. The lowest BCUT2D eigenvalue weighted by Gasteiger charge is -2.20. The van der Waals surface area contributed by atoms with Gasteiger partial charge in [0, 0.05) is 12.4 Å². The van der Waals surface area contributed by atoms with Crippen LogP contribution in [0.3, 0.4) is 0 Å². The van der Waals surface area contributed by atoms with Crippen LogP contribution in [0.4, 0.5) is 0 Å². The van der Waals surface area contributed by atoms with Crippen LogP contribution >= 0.6 is 15.9 Å². The van der Waals surface area contributed by atoms with E-state index < -0.39 is 0 Å². The normalized spacial score (nSPS) is 23.6. The summed E-state index contributed by atoms with van der Waals surface area (Å²) in [6, 6.07) is 0. The highest BCUT2D eigenvalue weighted by Crippen LogP contribution is 2.17. The second kappa shape index (κ2) is 5.21. The summed E-state index contributed by atoms with van der Waals surface area (Å²) >= 11 is 3.48. The average Bonchev–Trinajstić information content (AvgIpc) is 2.71. The van der Waals surface area contributed by atoms with E-state index in [1.165, 1.54) is 4.48 Å². The van der Waals surface area contributed by atoms with Gasteiger partial charge in [-0.3, -0.25) is 0 Å². The van der Waals surface area contributed by atoms with E-state index in [4.69, 9.17) is 0 Å². The van der Waals surface area contributed by atoms with Gasteiger partial charge in [0.2, 0.25) is 0 Å². The lowest BCUT2D eigenvalue weighted by atomic mass is 10.3. The van der Waals surface area contributed by atoms with Crippen molar-refractivity contribution in [1.82, 2.24) is 10.2 Å². The number of halogens is 1. The molecule has 0 spiro atoms. The van der Waals surface area contributed by atoms with Gasteiger partial charge in [0.1, 0.15) is 6.17 Å². The molecule has 0 aromatic heterocycles. The van der Waals surface area contributed by atoms with Gasteiger partial charge in [-0.1, -0.05) is 41.1 Å². The second-order valence-corrected chi connectivity index (χ2v) is 4.69. The fraction of sp³-hybridized carbons (Fsp3) is 0.231. The Morgan fingerprint density at radius 1 is 1.56 bits per heavy atom. The van der Waals surface area contributed by atoms with E-state index in [1.807, 2.05) is 6.08 Å². The Hall–Kier alpha value is -1.22. The maximum atomic E-state index is 3.48. The molecular formula is C13H15BrN2. The number of rotatable bonds is 3. The van der Waals surface area contributed by atoms with Crippen molar-refractivity contribution in [3.05, 3.63) is 59.0 Å². The van der Waals surface area contributed by atoms with Crippen LogP contribution in [0.2, 0.25) is 0 Å². The minimum atomic E-state index is 0.281. The van der Waals surface area contributed by atoms with Crippen molar-refractivity contribution in [1.29, 1.82) is 0 Å². The molecule has 0 fully saturated rings. The zero-order valence-electron chi connectivity index (χ0n) is 9.23. The van der Waals surface area contributed by atoms with Crippen molar-refractivity contribution in [2.75, 3.05) is 0 Å². The van der Waals surface area contributed by atoms with Gasteiger partial charge in [-0.15, -0.1) is 0 Å². The summed E-state index contributed by atoms with van der Waals surface area (Å²) in [6.45, 7) is 2.12. The molecule has 0 radical (unpaired) electrons. The summed E-state index contributed by atoms with van der Waals surface area (Å²) in [4.78, 5) is 2.15. The van der Waals surface area contributed by atoms with Crippen molar-refractivity contribution in [2.24, 2.45) is 0 Å². The van der Waals surface area contributed by atoms with Crippen molar-refractivity contribution >= 4 is 15.9 Å². The minimum absolute atomic E-state index is 0.281. The van der Waals surface area contributed by atoms with Gasteiger partial charge >= 0.3 is 0 Å². The topological polar surface area (TPSA) is 15.3 Å². The number of fused-ring (bicyclic) bond motifs is 1. The lowest BCUT2D eigenvalue weighted by molar-refractivity contribution is 0.425. The van der Waals surface area contributed by atoms with E-state index in [-0.39, 0.29) is 6.17 Å². The van der Waals surface area contributed by atoms with Gasteiger partial charge in [-0.05, 0) is 29.1 Å². The van der Waals surface area contributed by atoms with Crippen LogP contribution in [0, 0.1) is 0 Å². The molecular weight excluding hydrogens is 264 g/mol. The third-order valence-electron chi connectivity index (χ3n) is 2.48. The standard InChI is InChI=1S/C13H15BrN2/c1-2-11(14)6-5-7-12-10-16-9-4-3-8-13(16)15-12/h3-10,13,15H,2H2,1H3/b7-5+,11-6+. The van der Waals surface area contributed by atoms with Crippen molar-refractivity contribution in [2.45, 2.75) is 19.5 Å². The zero-order chi connectivity index (χ0) is 11.4. The lowest BCUT2D eigenvalue weighted by Crippen LogP contribution is -2.31. The maximum Gasteiger partial charge on any atom is 0.122 e. The summed E-state index contributed by atoms with van der Waals surface area (Å²) < 4.78 is 1.21. The van der Waals surface area contributed by atoms with E-state index in [2.05, 4.69) is 75.9 Å². The highest BCUT2D eigenvalue weighted by molar-refractivity contribution is 9.11. The van der Waals surface area contributed by atoms with Gasteiger partial charge in [0.05, 0.1) is 5.70 Å². The van der Waals surface area contributed by atoms with Crippen LogP contribution in [0.15, 0.2) is 59.0 Å². The Morgan fingerprint density at radius 2 is 2.44 bits per heavy atom. The quantitative estimate of drug-likeness (QED) is 0.797. The van der Waals surface area contributed by atoms with Crippen LogP contribution in [-0.2, 0) is 0 Å². The third-order valence-corrected chi connectivity index (χ3v) is 3.30. The first-order chi connectivity index (χ1) is 7.79. The Bertz CT molecular complexity index is 402. The fourth-order valence-corrected chi connectivity index (χ4v) is 1.74. The molecule has 0 bridgehead atoms. The van der Waals surface area contributed by atoms with E-state index in [0.29, 0.717) is 0 Å². The summed E-state index contributed by atoms with van der Waals surface area (Å²) in [5.41, 5.74) is 1.13. The molecule has 84 valence electrons. The molecule has 2 aliphatic heterocycles. The molecule has 0 aromatic rings. The summed E-state index contributed by atoms with van der Waals surface area (Å²) in [5.74, 6) is 0. The molecule has 2 nitrogen and oxygen atoms in total. The summed E-state index contributed by atoms with van der Waals surface area (Å²) in [7, 11) is 0. The van der Waals surface area contributed by atoms with E-state index >= 15 is 0 Å². The summed E-state index contributed by atoms with van der Waals surface area (Å²) in [5, 5.41) is 3.40. The molecule has 0 aromatic carbocycles. The summed E-state index contributed by atoms with van der Waals surface area (Å²) in [6.07, 6.45) is 17.9. The predicted octanol–water partition coefficient (Wildman–Crippen LogP) is 3.39. The average molecular weight is 279 g/mol. The van der Waals surface area contributed by atoms with E-state index in [9.17, 15) is 0 Å². The Labute approximate surface area is 105 Å². The molecule has 0 aliphatic carbocycles. The molecule has 2 rings (SSSR count). The third kappa shape index (κ3) is 2.67. The molecule has 0 amide bonds. The zero-order valence-corrected chi connectivity index (χ0v) is 10.8. The van der Waals surface area contributed by atoms with Crippen LogP contribution in [0.1, 0.15) is 13.3 Å². The first-order valence-corrected chi connectivity index (χ1v) is 6.22. The Balaban J connectivity index is 1.98. The van der Waals surface area contributed by atoms with Gasteiger partial charge in [0.25, 0.3) is 0 Å². The largest absolute Gasteiger partial charge is 0.360 e. The van der Waals surface area contributed by atoms with Crippen molar-refractivity contribution in [3.63, 3.8) is 0 Å². The highest BCUT2D eigenvalue weighted by Gasteiger charge is 2.18. The number of hydrogen-bond donors (Lipinski definition) is 1. The number of nitrogens with zero attached hydrogens (tertiary/aromatic N) is 1. The number of allylic oxidation sites excluding steroid dienone is 6. The fourth-order valence-electron chi connectivity index (χ4n) is 1.59.